The Hall–Kier alpha value is -0.550. The predicted octanol–water partition coefficient (Wildman–Crippen LogP) is 4.72. The van der Waals surface area contributed by atoms with E-state index in [9.17, 15) is 34.9 Å². The van der Waals surface area contributed by atoms with Crippen molar-refractivity contribution in [1.82, 2.24) is 5.32 Å². The van der Waals surface area contributed by atoms with E-state index in [1.54, 1.807) is 0 Å². The highest BCUT2D eigenvalue weighted by Gasteiger charge is 2.46. The third kappa shape index (κ3) is 13.8. The van der Waals surface area contributed by atoms with Crippen LogP contribution in [-0.2, 0) is 14.5 Å². The fourth-order valence-electron chi connectivity index (χ4n) is 1.71. The average molecular weight is 389 g/mol. The lowest BCUT2D eigenvalue weighted by Gasteiger charge is -2.12. The second kappa shape index (κ2) is 12.8. The quantitative estimate of drug-likeness (QED) is 0.410. The van der Waals surface area contributed by atoms with Gasteiger partial charge in [-0.15, -0.1) is 0 Å². The summed E-state index contributed by atoms with van der Waals surface area (Å²) in [5.74, 6) is 0. The summed E-state index contributed by atoms with van der Waals surface area (Å²) < 4.78 is 96.0. The van der Waals surface area contributed by atoms with Gasteiger partial charge >= 0.3 is 21.5 Å². The highest BCUT2D eigenvalue weighted by molar-refractivity contribution is 7.87. The van der Waals surface area contributed by atoms with Crippen LogP contribution in [-0.4, -0.2) is 33.9 Å². The van der Waals surface area contributed by atoms with E-state index in [4.69, 9.17) is 0 Å². The van der Waals surface area contributed by atoms with Gasteiger partial charge in [-0.25, -0.2) is 0 Å². The molecule has 0 aliphatic carbocycles. The van der Waals surface area contributed by atoms with Gasteiger partial charge in [0.15, 0.2) is 0 Å². The van der Waals surface area contributed by atoms with Crippen molar-refractivity contribution >= 4 is 10.1 Å². The maximum Gasteiger partial charge on any atom is 0.389 e. The summed E-state index contributed by atoms with van der Waals surface area (Å²) in [7, 11) is -1.77. The normalized spacial score (nSPS) is 12.7. The zero-order valence-corrected chi connectivity index (χ0v) is 14.6. The molecule has 0 radical (unpaired) electrons. The molecule has 0 saturated heterocycles. The van der Waals surface area contributed by atoms with Gasteiger partial charge in [-0.2, -0.15) is 30.4 Å². The lowest BCUT2D eigenvalue weighted by Crippen LogP contribution is -2.28. The molecule has 0 rings (SSSR count). The fourth-order valence-corrected chi connectivity index (χ4v) is 2.20. The van der Waals surface area contributed by atoms with Gasteiger partial charge in [0.05, 0.1) is 0 Å². The maximum atomic E-state index is 12.9. The summed E-state index contributed by atoms with van der Waals surface area (Å²) in [6.45, 7) is 0. The van der Waals surface area contributed by atoms with E-state index in [-0.39, 0.29) is 19.3 Å². The first-order valence-electron chi connectivity index (χ1n) is 7.51. The Morgan fingerprint density at radius 3 is 1.46 bits per heavy atom. The molecule has 0 aromatic carbocycles. The summed E-state index contributed by atoms with van der Waals surface area (Å²) in [4.78, 5) is 0. The number of hydrogen-bond donors (Lipinski definition) is 1. The molecule has 0 heterocycles. The summed E-state index contributed by atoms with van der Waals surface area (Å²) in [5.41, 5.74) is 0. The minimum atomic E-state index is -5.52. The summed E-state index contributed by atoms with van der Waals surface area (Å²) in [6, 6.07) is 0. The van der Waals surface area contributed by atoms with E-state index >= 15 is 0 Å². The predicted molar refractivity (Wildman–Crippen MR) is 78.7 cm³/mol. The molecule has 0 spiro atoms. The van der Waals surface area contributed by atoms with E-state index in [1.807, 2.05) is 14.1 Å². The molecule has 0 aromatic heterocycles. The molecule has 0 saturated carbocycles. The monoisotopic (exact) mass is 389 g/mol. The SMILES string of the molecule is CNC.O=S(=O)(OF)C(F)(F)CCCCCCCCCC(F)(F)F. The molecule has 148 valence electrons. The number of hydrogen-bond acceptors (Lipinski definition) is 4. The van der Waals surface area contributed by atoms with Gasteiger partial charge in [0.2, 0.25) is 0 Å². The van der Waals surface area contributed by atoms with Crippen LogP contribution in [0.1, 0.15) is 57.8 Å². The van der Waals surface area contributed by atoms with Crippen LogP contribution in [0, 0.1) is 0 Å². The van der Waals surface area contributed by atoms with Gasteiger partial charge in [0.25, 0.3) is 0 Å². The molecule has 0 bridgehead atoms. The van der Waals surface area contributed by atoms with Crippen molar-refractivity contribution < 1.29 is 39.3 Å². The third-order valence-corrected chi connectivity index (χ3v) is 3.98. The van der Waals surface area contributed by atoms with Gasteiger partial charge < -0.3 is 5.32 Å². The van der Waals surface area contributed by atoms with Crippen molar-refractivity contribution in [3.05, 3.63) is 0 Å². The lowest BCUT2D eigenvalue weighted by molar-refractivity contribution is -0.135. The van der Waals surface area contributed by atoms with Gasteiger partial charge in [-0.05, 0) is 31.5 Å². The van der Waals surface area contributed by atoms with Gasteiger partial charge in [0, 0.05) is 12.8 Å². The molecule has 11 heteroatoms. The summed E-state index contributed by atoms with van der Waals surface area (Å²) in [5, 5.41) is -1.52. The first kappa shape index (κ1) is 25.7. The highest BCUT2D eigenvalue weighted by atomic mass is 32.2. The van der Waals surface area contributed by atoms with Gasteiger partial charge in [0.1, 0.15) is 0 Å². The number of halogens is 6. The zero-order chi connectivity index (χ0) is 19.3. The largest absolute Gasteiger partial charge is 0.389 e. The van der Waals surface area contributed by atoms with Crippen LogP contribution < -0.4 is 5.32 Å². The number of nitrogens with one attached hydrogen (secondary N) is 1. The van der Waals surface area contributed by atoms with Crippen LogP contribution in [0.25, 0.3) is 0 Å². The summed E-state index contributed by atoms with van der Waals surface area (Å²) in [6.07, 6.45) is -3.82. The highest BCUT2D eigenvalue weighted by Crippen LogP contribution is 2.30. The van der Waals surface area contributed by atoms with Crippen LogP contribution in [0.2, 0.25) is 0 Å². The van der Waals surface area contributed by atoms with Crippen molar-refractivity contribution in [2.24, 2.45) is 0 Å². The molecule has 4 nitrogen and oxygen atoms in total. The Bertz CT molecular complexity index is 401. The van der Waals surface area contributed by atoms with Crippen LogP contribution in [0.3, 0.4) is 0 Å². The summed E-state index contributed by atoms with van der Waals surface area (Å²) >= 11 is 0. The van der Waals surface area contributed by atoms with Gasteiger partial charge in [-0.1, -0.05) is 36.5 Å². The minimum Gasteiger partial charge on any atom is -0.323 e. The first-order valence-corrected chi connectivity index (χ1v) is 8.92. The van der Waals surface area contributed by atoms with Crippen molar-refractivity contribution in [3.8, 4) is 0 Å². The van der Waals surface area contributed by atoms with E-state index in [0.717, 1.165) is 0 Å². The Labute approximate surface area is 139 Å². The molecular weight excluding hydrogens is 364 g/mol. The molecule has 0 aromatic rings. The molecule has 1 N–H and O–H groups in total. The van der Waals surface area contributed by atoms with Crippen LogP contribution in [0.4, 0.5) is 26.5 Å². The number of alkyl halides is 5. The standard InChI is InChI=1S/C11H18F6O3S.C2H7N/c12-10(13,14)8-6-4-2-1-3-5-7-9-11(15,16)21(18,19)20-17;1-3-2/h1-9H2;3H,1-2H3. The minimum absolute atomic E-state index is 0.0354. The van der Waals surface area contributed by atoms with Crippen molar-refractivity contribution in [3.63, 3.8) is 0 Å². The average Bonchev–Trinajstić information content (AvgIpc) is 2.45. The molecule has 0 aliphatic heterocycles. The molecular formula is C13H25F6NO3S. The molecule has 0 fully saturated rings. The maximum absolute atomic E-state index is 12.9. The smallest absolute Gasteiger partial charge is 0.323 e. The Kier molecular flexibility index (Phi) is 13.7. The van der Waals surface area contributed by atoms with Crippen LogP contribution in [0.5, 0.6) is 0 Å². The lowest BCUT2D eigenvalue weighted by atomic mass is 10.1. The first-order chi connectivity index (χ1) is 10.9. The van der Waals surface area contributed by atoms with E-state index in [0.29, 0.717) is 25.7 Å². The second-order valence-corrected chi connectivity index (χ2v) is 6.88. The van der Waals surface area contributed by atoms with Gasteiger partial charge in [-0.3, -0.25) is 0 Å². The Morgan fingerprint density at radius 1 is 0.792 bits per heavy atom. The number of rotatable bonds is 11. The van der Waals surface area contributed by atoms with Crippen molar-refractivity contribution in [1.29, 1.82) is 0 Å². The molecule has 0 unspecified atom stereocenters. The topological polar surface area (TPSA) is 55.4 Å². The van der Waals surface area contributed by atoms with Crippen LogP contribution in [0.15, 0.2) is 0 Å². The molecule has 24 heavy (non-hydrogen) atoms. The Morgan fingerprint density at radius 2 is 1.12 bits per heavy atom. The third-order valence-electron chi connectivity index (χ3n) is 2.88. The molecule has 0 aliphatic rings. The number of unbranched alkanes of at least 4 members (excludes halogenated alkanes) is 6. The van der Waals surface area contributed by atoms with E-state index in [2.05, 4.69) is 9.70 Å². The van der Waals surface area contributed by atoms with E-state index < -0.39 is 34.4 Å². The fraction of sp³-hybridized carbons (Fsp3) is 1.00. The van der Waals surface area contributed by atoms with Crippen molar-refractivity contribution in [2.75, 3.05) is 14.1 Å². The molecule has 0 amide bonds. The Balaban J connectivity index is 0. The second-order valence-electron chi connectivity index (χ2n) is 5.24. The van der Waals surface area contributed by atoms with E-state index in [1.165, 1.54) is 0 Å². The van der Waals surface area contributed by atoms with Crippen LogP contribution >= 0.6 is 0 Å². The zero-order valence-electron chi connectivity index (χ0n) is 13.8. The molecule has 0 atom stereocenters. The van der Waals surface area contributed by atoms with Crippen molar-refractivity contribution in [2.45, 2.75) is 69.2 Å².